The summed E-state index contributed by atoms with van der Waals surface area (Å²) in [6, 6.07) is 16.4. The first kappa shape index (κ1) is 24.4. The monoisotopic (exact) mass is 531 g/mol. The third-order valence-corrected chi connectivity index (χ3v) is 6.42. The number of para-hydroxylation sites is 1. The fraction of sp³-hybridized carbons (Fsp3) is 0.143. The second-order valence-corrected chi connectivity index (χ2v) is 8.92. The van der Waals surface area contributed by atoms with Gasteiger partial charge in [0.2, 0.25) is 12.0 Å². The highest BCUT2D eigenvalue weighted by Crippen LogP contribution is 2.35. The lowest BCUT2D eigenvalue weighted by molar-refractivity contribution is -0.117. The van der Waals surface area contributed by atoms with E-state index in [-0.39, 0.29) is 35.1 Å². The molecule has 196 valence electrons. The average molecular weight is 531 g/mol. The molecule has 8 nitrogen and oxygen atoms in total. The zero-order valence-corrected chi connectivity index (χ0v) is 20.2. The topological polar surface area (TPSA) is 97.6 Å². The number of ether oxygens (including phenoxy) is 1. The molecule has 11 heteroatoms. The second-order valence-electron chi connectivity index (χ2n) is 8.92. The number of hydrogen-bond acceptors (Lipinski definition) is 5. The summed E-state index contributed by atoms with van der Waals surface area (Å²) in [6.45, 7) is 0.625. The van der Waals surface area contributed by atoms with Crippen molar-refractivity contribution in [2.24, 2.45) is 4.99 Å². The molecule has 0 bridgehead atoms. The molecule has 0 radical (unpaired) electrons. The Labute approximate surface area is 220 Å². The van der Waals surface area contributed by atoms with Gasteiger partial charge in [-0.05, 0) is 18.2 Å². The van der Waals surface area contributed by atoms with Crippen molar-refractivity contribution in [3.8, 4) is 17.1 Å². The first-order valence-corrected chi connectivity index (χ1v) is 12.1. The van der Waals surface area contributed by atoms with E-state index in [4.69, 9.17) is 4.74 Å². The van der Waals surface area contributed by atoms with Crippen molar-refractivity contribution in [3.63, 3.8) is 0 Å². The van der Waals surface area contributed by atoms with Crippen LogP contribution in [-0.4, -0.2) is 40.1 Å². The van der Waals surface area contributed by atoms with E-state index in [0.717, 1.165) is 12.1 Å². The summed E-state index contributed by atoms with van der Waals surface area (Å²) in [5.74, 6) is -4.18. The summed E-state index contributed by atoms with van der Waals surface area (Å²) in [7, 11) is 0. The van der Waals surface area contributed by atoms with Crippen molar-refractivity contribution in [1.29, 1.82) is 0 Å². The number of benzodiazepines with no additional fused rings is 1. The van der Waals surface area contributed by atoms with Crippen LogP contribution in [-0.2, 0) is 11.3 Å². The van der Waals surface area contributed by atoms with E-state index < -0.39 is 41.0 Å². The highest BCUT2D eigenvalue weighted by molar-refractivity contribution is 6.20. The molecule has 3 heterocycles. The van der Waals surface area contributed by atoms with Crippen molar-refractivity contribution >= 4 is 23.2 Å². The number of carbonyl (C=O) groups excluding carboxylic acids is 2. The molecule has 0 fully saturated rings. The minimum absolute atomic E-state index is 0.0204. The molecule has 2 aliphatic heterocycles. The minimum atomic E-state index is -1.52. The van der Waals surface area contributed by atoms with E-state index in [0.29, 0.717) is 24.1 Å². The van der Waals surface area contributed by atoms with Gasteiger partial charge in [0.1, 0.15) is 28.7 Å². The zero-order valence-electron chi connectivity index (χ0n) is 20.2. The Balaban J connectivity index is 1.45. The number of aryl methyl sites for hydroxylation is 1. The SMILES string of the molecule is O=C(N[C@H]1N=C(c2ccccc2)c2cccc(F)c2NC1=O)c1c(-c2c(F)cccc2F)nn2c1OCCC2. The maximum absolute atomic E-state index is 14.8. The lowest BCUT2D eigenvalue weighted by Gasteiger charge is -2.17. The van der Waals surface area contributed by atoms with E-state index in [9.17, 15) is 22.8 Å². The van der Waals surface area contributed by atoms with Gasteiger partial charge in [0, 0.05) is 24.1 Å². The van der Waals surface area contributed by atoms with Crippen LogP contribution in [0.4, 0.5) is 18.9 Å². The summed E-state index contributed by atoms with van der Waals surface area (Å²) in [5.41, 5.74) is 0.0877. The van der Waals surface area contributed by atoms with Crippen LogP contribution in [0.1, 0.15) is 27.9 Å². The quantitative estimate of drug-likeness (QED) is 0.411. The highest BCUT2D eigenvalue weighted by Gasteiger charge is 2.34. The molecule has 3 aromatic carbocycles. The number of hydrogen-bond donors (Lipinski definition) is 2. The Kier molecular flexibility index (Phi) is 6.10. The van der Waals surface area contributed by atoms with Gasteiger partial charge in [0.05, 0.1) is 23.6 Å². The number of amides is 2. The van der Waals surface area contributed by atoms with E-state index >= 15 is 0 Å². The van der Waals surface area contributed by atoms with Crippen molar-refractivity contribution in [2.75, 3.05) is 11.9 Å². The number of aromatic nitrogens is 2. The van der Waals surface area contributed by atoms with Gasteiger partial charge in [-0.3, -0.25) is 9.59 Å². The van der Waals surface area contributed by atoms with Crippen molar-refractivity contribution in [1.82, 2.24) is 15.1 Å². The molecule has 2 aliphatic rings. The number of halogens is 3. The van der Waals surface area contributed by atoms with Crippen LogP contribution in [0.25, 0.3) is 11.3 Å². The lowest BCUT2D eigenvalue weighted by Crippen LogP contribution is -2.42. The number of anilines is 1. The molecule has 0 spiro atoms. The number of rotatable bonds is 4. The fourth-order valence-electron chi connectivity index (χ4n) is 4.65. The van der Waals surface area contributed by atoms with Crippen LogP contribution in [0.3, 0.4) is 0 Å². The van der Waals surface area contributed by atoms with Gasteiger partial charge >= 0.3 is 0 Å². The highest BCUT2D eigenvalue weighted by atomic mass is 19.1. The normalized spacial score (nSPS) is 16.2. The maximum Gasteiger partial charge on any atom is 0.269 e. The number of nitrogens with one attached hydrogen (secondary N) is 2. The maximum atomic E-state index is 14.8. The summed E-state index contributed by atoms with van der Waals surface area (Å²) >= 11 is 0. The van der Waals surface area contributed by atoms with Crippen LogP contribution in [0, 0.1) is 17.5 Å². The van der Waals surface area contributed by atoms with Crippen molar-refractivity contribution in [2.45, 2.75) is 19.1 Å². The van der Waals surface area contributed by atoms with Crippen LogP contribution in [0.5, 0.6) is 5.88 Å². The van der Waals surface area contributed by atoms with E-state index in [1.54, 1.807) is 36.4 Å². The molecule has 2 N–H and O–H groups in total. The Morgan fingerprint density at radius 1 is 0.974 bits per heavy atom. The smallest absolute Gasteiger partial charge is 0.269 e. The molecule has 39 heavy (non-hydrogen) atoms. The minimum Gasteiger partial charge on any atom is -0.477 e. The molecule has 1 atom stereocenters. The molecule has 0 unspecified atom stereocenters. The molecular weight excluding hydrogens is 511 g/mol. The Bertz CT molecular complexity index is 1630. The summed E-state index contributed by atoms with van der Waals surface area (Å²) in [5, 5.41) is 9.29. The summed E-state index contributed by atoms with van der Waals surface area (Å²) < 4.78 is 51.3. The van der Waals surface area contributed by atoms with E-state index in [1.807, 2.05) is 0 Å². The zero-order chi connectivity index (χ0) is 27.1. The number of fused-ring (bicyclic) bond motifs is 2. The van der Waals surface area contributed by atoms with Crippen LogP contribution < -0.4 is 15.4 Å². The molecule has 2 amide bonds. The first-order chi connectivity index (χ1) is 18.9. The predicted molar refractivity (Wildman–Crippen MR) is 136 cm³/mol. The number of nitrogens with zero attached hydrogens (tertiary/aromatic N) is 3. The third-order valence-electron chi connectivity index (χ3n) is 6.42. The molecule has 4 aromatic rings. The third kappa shape index (κ3) is 4.31. The molecule has 1 aromatic heterocycles. The Morgan fingerprint density at radius 3 is 2.46 bits per heavy atom. The van der Waals surface area contributed by atoms with Gasteiger partial charge in [0.25, 0.3) is 11.8 Å². The molecule has 0 saturated heterocycles. The average Bonchev–Trinajstić information content (AvgIpc) is 3.24. The van der Waals surface area contributed by atoms with Gasteiger partial charge in [-0.15, -0.1) is 0 Å². The second kappa shape index (κ2) is 9.75. The van der Waals surface area contributed by atoms with Gasteiger partial charge in [-0.1, -0.05) is 48.5 Å². The van der Waals surface area contributed by atoms with Gasteiger partial charge < -0.3 is 15.4 Å². The number of aliphatic imine (C=N–C) groups is 1. The standard InChI is InChI=1S/C28H20F3N5O3/c29-17-10-5-11-18(30)20(17)24-21(28-36(35-24)13-6-14-39-28)26(37)34-25-27(38)33-23-16(9-4-12-19(23)31)22(32-25)15-7-2-1-3-8-15/h1-5,7-12,25H,6,13-14H2,(H,33,38)(H,34,37)/t25-/m1/s1. The Hall–Kier alpha value is -4.93. The molecule has 0 saturated carbocycles. The van der Waals surface area contributed by atoms with Crippen LogP contribution in [0.2, 0.25) is 0 Å². The van der Waals surface area contributed by atoms with Crippen molar-refractivity contribution in [3.05, 3.63) is 101 Å². The number of carbonyl (C=O) groups is 2. The van der Waals surface area contributed by atoms with Gasteiger partial charge in [-0.2, -0.15) is 5.10 Å². The lowest BCUT2D eigenvalue weighted by atomic mass is 10.0. The van der Waals surface area contributed by atoms with E-state index in [2.05, 4.69) is 20.7 Å². The summed E-state index contributed by atoms with van der Waals surface area (Å²) in [6.07, 6.45) is -0.939. The van der Waals surface area contributed by atoms with Crippen LogP contribution >= 0.6 is 0 Å². The molecular formula is C28H20F3N5O3. The van der Waals surface area contributed by atoms with Crippen molar-refractivity contribution < 1.29 is 27.5 Å². The van der Waals surface area contributed by atoms with Gasteiger partial charge in [0.15, 0.2) is 0 Å². The molecule has 6 rings (SSSR count). The summed E-state index contributed by atoms with van der Waals surface area (Å²) in [4.78, 5) is 31.4. The molecule has 0 aliphatic carbocycles. The predicted octanol–water partition coefficient (Wildman–Crippen LogP) is 4.30. The first-order valence-electron chi connectivity index (χ1n) is 12.1. The van der Waals surface area contributed by atoms with Crippen LogP contribution in [0.15, 0.2) is 71.7 Å². The Morgan fingerprint density at radius 2 is 1.69 bits per heavy atom. The van der Waals surface area contributed by atoms with Gasteiger partial charge in [-0.25, -0.2) is 22.8 Å². The largest absolute Gasteiger partial charge is 0.477 e. The fourth-order valence-corrected chi connectivity index (χ4v) is 4.65. The number of benzene rings is 3. The van der Waals surface area contributed by atoms with E-state index in [1.165, 1.54) is 22.9 Å².